The molecule has 2 rings (SSSR count). The van der Waals surface area contributed by atoms with Crippen LogP contribution in [-0.2, 0) is 4.79 Å². The fourth-order valence-electron chi connectivity index (χ4n) is 2.28. The lowest BCUT2D eigenvalue weighted by molar-refractivity contribution is -0.131. The van der Waals surface area contributed by atoms with E-state index in [0.717, 1.165) is 18.4 Å². The van der Waals surface area contributed by atoms with Crippen LogP contribution in [-0.4, -0.2) is 35.6 Å². The summed E-state index contributed by atoms with van der Waals surface area (Å²) in [7, 11) is 1.77. The van der Waals surface area contributed by atoms with E-state index < -0.39 is 5.38 Å². The number of hydrogen-bond acceptors (Lipinski definition) is 2. The zero-order valence-electron chi connectivity index (χ0n) is 10.4. The van der Waals surface area contributed by atoms with Crippen molar-refractivity contribution in [2.45, 2.75) is 24.3 Å². The van der Waals surface area contributed by atoms with Gasteiger partial charge >= 0.3 is 0 Å². The summed E-state index contributed by atoms with van der Waals surface area (Å²) < 4.78 is 0. The maximum Gasteiger partial charge on any atom is 0.244 e. The van der Waals surface area contributed by atoms with Crippen molar-refractivity contribution in [3.8, 4) is 0 Å². The Morgan fingerprint density at radius 1 is 1.44 bits per heavy atom. The number of aliphatic hydroxyl groups excluding tert-OH is 1. The number of carbonyl (C=O) groups is 1. The second-order valence-corrected chi connectivity index (χ2v) is 5.42. The molecule has 0 aromatic heterocycles. The van der Waals surface area contributed by atoms with Crippen molar-refractivity contribution in [2.75, 3.05) is 13.6 Å². The van der Waals surface area contributed by atoms with Gasteiger partial charge in [0.2, 0.25) is 5.91 Å². The summed E-state index contributed by atoms with van der Waals surface area (Å²) in [4.78, 5) is 13.8. The van der Waals surface area contributed by atoms with Gasteiger partial charge in [-0.05, 0) is 24.3 Å². The number of benzene rings is 1. The molecule has 1 atom stereocenters. The van der Waals surface area contributed by atoms with E-state index >= 15 is 0 Å². The molecule has 0 bridgehead atoms. The summed E-state index contributed by atoms with van der Waals surface area (Å²) in [5.74, 6) is 0.331. The predicted molar refractivity (Wildman–Crippen MR) is 71.4 cm³/mol. The fraction of sp³-hybridized carbons (Fsp3) is 0.500. The normalized spacial score (nSPS) is 24.2. The molecule has 1 amide bonds. The lowest BCUT2D eigenvalue weighted by Crippen LogP contribution is -2.40. The van der Waals surface area contributed by atoms with Crippen molar-refractivity contribution in [3.63, 3.8) is 0 Å². The topological polar surface area (TPSA) is 40.5 Å². The Hall–Kier alpha value is -1.06. The summed E-state index contributed by atoms with van der Waals surface area (Å²) in [5, 5.41) is 8.60. The first-order chi connectivity index (χ1) is 8.58. The summed E-state index contributed by atoms with van der Waals surface area (Å²) in [6, 6.07) is 9.37. The molecule has 1 fully saturated rings. The van der Waals surface area contributed by atoms with Crippen molar-refractivity contribution in [1.29, 1.82) is 0 Å². The van der Waals surface area contributed by atoms with Gasteiger partial charge in [0.1, 0.15) is 5.38 Å². The first-order valence-electron chi connectivity index (χ1n) is 6.20. The Morgan fingerprint density at radius 3 is 2.61 bits per heavy atom. The summed E-state index contributed by atoms with van der Waals surface area (Å²) >= 11 is 6.18. The minimum Gasteiger partial charge on any atom is -0.393 e. The lowest BCUT2D eigenvalue weighted by atomic mass is 9.82. The highest BCUT2D eigenvalue weighted by Gasteiger charge is 2.30. The van der Waals surface area contributed by atoms with E-state index in [-0.39, 0.29) is 12.0 Å². The van der Waals surface area contributed by atoms with Crippen molar-refractivity contribution >= 4 is 17.5 Å². The van der Waals surface area contributed by atoms with Crippen LogP contribution in [0, 0.1) is 5.92 Å². The molecule has 0 heterocycles. The third kappa shape index (κ3) is 3.03. The number of carbonyl (C=O) groups excluding carboxylic acids is 1. The van der Waals surface area contributed by atoms with E-state index in [1.807, 2.05) is 30.3 Å². The average Bonchev–Trinajstić information content (AvgIpc) is 2.36. The predicted octanol–water partition coefficient (Wildman–Crippen LogP) is 2.20. The first kappa shape index (κ1) is 13.4. The van der Waals surface area contributed by atoms with Crippen molar-refractivity contribution in [2.24, 2.45) is 5.92 Å². The highest BCUT2D eigenvalue weighted by Crippen LogP contribution is 2.29. The molecular formula is C14H18ClNO2. The lowest BCUT2D eigenvalue weighted by Gasteiger charge is -2.34. The second-order valence-electron chi connectivity index (χ2n) is 4.98. The van der Waals surface area contributed by atoms with Crippen molar-refractivity contribution in [3.05, 3.63) is 35.9 Å². The van der Waals surface area contributed by atoms with Crippen LogP contribution < -0.4 is 0 Å². The molecular weight excluding hydrogens is 250 g/mol. The molecule has 4 heteroatoms. The minimum atomic E-state index is -0.624. The van der Waals surface area contributed by atoms with Crippen LogP contribution in [0.25, 0.3) is 0 Å². The molecule has 0 radical (unpaired) electrons. The monoisotopic (exact) mass is 267 g/mol. The number of likely N-dealkylation sites (N-methyl/N-ethyl adjacent to an activating group) is 1. The standard InChI is InChI=1S/C14H18ClNO2/c1-16(9-10-7-12(17)8-10)14(18)13(15)11-5-3-2-4-6-11/h2-6,10,12-13,17H,7-9H2,1H3. The van der Waals surface area contributed by atoms with Crippen molar-refractivity contribution in [1.82, 2.24) is 4.90 Å². The molecule has 1 aromatic rings. The number of rotatable bonds is 4. The smallest absolute Gasteiger partial charge is 0.244 e. The molecule has 1 unspecified atom stereocenters. The number of alkyl halides is 1. The Balaban J connectivity index is 1.90. The molecule has 3 nitrogen and oxygen atoms in total. The van der Waals surface area contributed by atoms with Crippen LogP contribution in [0.3, 0.4) is 0 Å². The minimum absolute atomic E-state index is 0.0794. The van der Waals surface area contributed by atoms with Gasteiger partial charge in [0.15, 0.2) is 0 Å². The molecule has 1 aromatic carbocycles. The van der Waals surface area contributed by atoms with E-state index in [1.165, 1.54) is 0 Å². The van der Waals surface area contributed by atoms with Gasteiger partial charge in [0.05, 0.1) is 6.10 Å². The summed E-state index contributed by atoms with van der Waals surface area (Å²) in [6.45, 7) is 0.673. The average molecular weight is 268 g/mol. The quantitative estimate of drug-likeness (QED) is 0.850. The number of aliphatic hydroxyl groups is 1. The maximum atomic E-state index is 12.1. The molecule has 1 aliphatic rings. The molecule has 1 aliphatic carbocycles. The zero-order valence-corrected chi connectivity index (χ0v) is 11.2. The van der Waals surface area contributed by atoms with Gasteiger partial charge < -0.3 is 10.0 Å². The highest BCUT2D eigenvalue weighted by atomic mass is 35.5. The van der Waals surface area contributed by atoms with E-state index in [4.69, 9.17) is 11.6 Å². The van der Waals surface area contributed by atoms with Gasteiger partial charge in [-0.1, -0.05) is 30.3 Å². The molecule has 0 saturated heterocycles. The Morgan fingerprint density at radius 2 is 2.06 bits per heavy atom. The van der Waals surface area contributed by atoms with Gasteiger partial charge in [-0.2, -0.15) is 0 Å². The molecule has 1 saturated carbocycles. The molecule has 98 valence electrons. The zero-order chi connectivity index (χ0) is 13.1. The SMILES string of the molecule is CN(CC1CC(O)C1)C(=O)C(Cl)c1ccccc1. The fourth-order valence-corrected chi connectivity index (χ4v) is 2.60. The molecule has 1 N–H and O–H groups in total. The summed E-state index contributed by atoms with van der Waals surface area (Å²) in [5.41, 5.74) is 0.824. The second kappa shape index (κ2) is 5.72. The van der Waals surface area contributed by atoms with Gasteiger partial charge in [0, 0.05) is 13.6 Å². The maximum absolute atomic E-state index is 12.1. The van der Waals surface area contributed by atoms with E-state index in [2.05, 4.69) is 0 Å². The summed E-state index contributed by atoms with van der Waals surface area (Å²) in [6.07, 6.45) is 1.39. The van der Waals surface area contributed by atoms with Gasteiger partial charge in [-0.3, -0.25) is 4.79 Å². The third-order valence-corrected chi connectivity index (χ3v) is 3.87. The Kier molecular flexibility index (Phi) is 4.25. The molecule has 0 aliphatic heterocycles. The van der Waals surface area contributed by atoms with Crippen LogP contribution >= 0.6 is 11.6 Å². The number of halogens is 1. The molecule has 0 spiro atoms. The van der Waals surface area contributed by atoms with E-state index in [0.29, 0.717) is 12.5 Å². The van der Waals surface area contributed by atoms with Crippen LogP contribution in [0.15, 0.2) is 30.3 Å². The molecule has 18 heavy (non-hydrogen) atoms. The number of nitrogens with zero attached hydrogens (tertiary/aromatic N) is 1. The number of hydrogen-bond donors (Lipinski definition) is 1. The highest BCUT2D eigenvalue weighted by molar-refractivity contribution is 6.30. The van der Waals surface area contributed by atoms with Crippen molar-refractivity contribution < 1.29 is 9.90 Å². The van der Waals surface area contributed by atoms with Gasteiger partial charge in [-0.25, -0.2) is 0 Å². The van der Waals surface area contributed by atoms with Crippen LogP contribution in [0.1, 0.15) is 23.8 Å². The first-order valence-corrected chi connectivity index (χ1v) is 6.63. The third-order valence-electron chi connectivity index (χ3n) is 3.43. The van der Waals surface area contributed by atoms with Crippen LogP contribution in [0.4, 0.5) is 0 Å². The van der Waals surface area contributed by atoms with Crippen LogP contribution in [0.5, 0.6) is 0 Å². The van der Waals surface area contributed by atoms with E-state index in [1.54, 1.807) is 11.9 Å². The number of amides is 1. The Labute approximate surface area is 112 Å². The van der Waals surface area contributed by atoms with Crippen LogP contribution in [0.2, 0.25) is 0 Å². The largest absolute Gasteiger partial charge is 0.393 e. The van der Waals surface area contributed by atoms with E-state index in [9.17, 15) is 9.90 Å². The van der Waals surface area contributed by atoms with Gasteiger partial charge in [-0.15, -0.1) is 11.6 Å². The van der Waals surface area contributed by atoms with Gasteiger partial charge in [0.25, 0.3) is 0 Å². The Bertz CT molecular complexity index is 404.